The first-order valence-electron chi connectivity index (χ1n) is 3.47. The van der Waals surface area contributed by atoms with E-state index in [-0.39, 0.29) is 0 Å². The molecule has 0 rings (SSSR count). The molecule has 0 aromatic rings. The van der Waals surface area contributed by atoms with Gasteiger partial charge in [-0.2, -0.15) is 0 Å². The molecule has 0 radical (unpaired) electrons. The van der Waals surface area contributed by atoms with Gasteiger partial charge in [-0.3, -0.25) is 0 Å². The molecule has 8 heteroatoms. The van der Waals surface area contributed by atoms with Crippen molar-refractivity contribution in [3.63, 3.8) is 0 Å². The van der Waals surface area contributed by atoms with Crippen LogP contribution in [0.15, 0.2) is 11.6 Å². The Bertz CT molecular complexity index is 186. The third-order valence-electron chi connectivity index (χ3n) is 0.682. The van der Waals surface area contributed by atoms with Gasteiger partial charge in [-0.05, 0) is 31.7 Å². The molecule has 0 aliphatic carbocycles. The van der Waals surface area contributed by atoms with Gasteiger partial charge in [0.15, 0.2) is 0 Å². The summed E-state index contributed by atoms with van der Waals surface area (Å²) in [4.78, 5) is 0. The zero-order valence-corrected chi connectivity index (χ0v) is 11.4. The van der Waals surface area contributed by atoms with Crippen LogP contribution >= 0.6 is 0 Å². The van der Waals surface area contributed by atoms with Crippen LogP contribution in [-0.2, 0) is 11.8 Å². The molecule has 0 atom stereocenters. The van der Waals surface area contributed by atoms with E-state index >= 15 is 0 Å². The standard InChI is InChI=1S/C6H12S.6FH.Sb/c1-6(2)4-5-7-3;;;;;;;/h4H,5H2,1-3H3;6*1H;/q;;;;;;;+5/p-5. The molecule has 0 fully saturated rings. The van der Waals surface area contributed by atoms with E-state index in [4.69, 9.17) is 0 Å². The van der Waals surface area contributed by atoms with Crippen molar-refractivity contribution in [1.82, 2.24) is 0 Å². The Morgan fingerprint density at radius 2 is 1.36 bits per heavy atom. The molecular weight excluding hydrogens is 340 g/mol. The number of hydrogen-bond donors (Lipinski definition) is 0. The molecule has 0 aromatic heterocycles. The Hall–Kier alpha value is 0.488. The SMILES string of the molecule is C[SH+]CC=C(C)C.[F][Sb-]([F])([F])([F])([F])[F]. The molecular formula is C6H13F6SSb. The summed E-state index contributed by atoms with van der Waals surface area (Å²) in [5, 5.41) is 0. The van der Waals surface area contributed by atoms with E-state index in [0.717, 1.165) is 0 Å². The summed E-state index contributed by atoms with van der Waals surface area (Å²) in [6.45, 7) is 4.26. The Kier molecular flexibility index (Phi) is 5.50. The fourth-order valence-electron chi connectivity index (χ4n) is 0.274. The van der Waals surface area contributed by atoms with Crippen molar-refractivity contribution >= 4 is 31.2 Å². The van der Waals surface area contributed by atoms with Gasteiger partial charge in [-0.1, -0.05) is 5.57 Å². The quantitative estimate of drug-likeness (QED) is 0.234. The van der Waals surface area contributed by atoms with Crippen LogP contribution in [-0.4, -0.2) is 31.5 Å². The second kappa shape index (κ2) is 4.56. The monoisotopic (exact) mass is 352 g/mol. The van der Waals surface area contributed by atoms with E-state index in [1.807, 2.05) is 0 Å². The molecule has 0 spiro atoms. The average molecular weight is 353 g/mol. The van der Waals surface area contributed by atoms with Crippen LogP contribution in [0.25, 0.3) is 0 Å². The molecule has 0 aromatic carbocycles. The summed E-state index contributed by atoms with van der Waals surface area (Å²) in [5.41, 5.74) is 1.43. The molecule has 0 aliphatic heterocycles. The Morgan fingerprint density at radius 1 is 1.07 bits per heavy atom. The molecule has 0 bridgehead atoms. The van der Waals surface area contributed by atoms with Crippen LogP contribution < -0.4 is 0 Å². The van der Waals surface area contributed by atoms with Crippen LogP contribution in [0.1, 0.15) is 13.8 Å². The van der Waals surface area contributed by atoms with Gasteiger partial charge in [-0.15, -0.1) is 0 Å². The van der Waals surface area contributed by atoms with Gasteiger partial charge in [0.1, 0.15) is 5.75 Å². The molecule has 0 amide bonds. The van der Waals surface area contributed by atoms with Crippen molar-refractivity contribution in [1.29, 1.82) is 0 Å². The van der Waals surface area contributed by atoms with E-state index < -0.39 is 19.5 Å². The summed E-state index contributed by atoms with van der Waals surface area (Å²) >= 11 is -9.79. The topological polar surface area (TPSA) is 0 Å². The first-order valence-corrected chi connectivity index (χ1v) is 10.8. The van der Waals surface area contributed by atoms with Crippen molar-refractivity contribution in [2.75, 3.05) is 12.0 Å². The van der Waals surface area contributed by atoms with E-state index in [0.29, 0.717) is 0 Å². The van der Waals surface area contributed by atoms with E-state index in [1.54, 1.807) is 0 Å². The van der Waals surface area contributed by atoms with E-state index in [1.165, 1.54) is 23.1 Å². The first-order chi connectivity index (χ1) is 5.72. The number of hydrogen-bond acceptors (Lipinski definition) is 0. The molecule has 0 N–H and O–H groups in total. The average Bonchev–Trinajstić information content (AvgIpc) is 1.75. The first kappa shape index (κ1) is 16.9. The normalized spacial score (nSPS) is 15.8. The van der Waals surface area contributed by atoms with Gasteiger partial charge in [0.25, 0.3) is 0 Å². The Balaban J connectivity index is 0. The minimum atomic E-state index is -11.2. The third kappa shape index (κ3) is 81.8. The van der Waals surface area contributed by atoms with Crippen LogP contribution in [0, 0.1) is 0 Å². The van der Waals surface area contributed by atoms with Crippen molar-refractivity contribution in [2.45, 2.75) is 13.8 Å². The van der Waals surface area contributed by atoms with E-state index in [9.17, 15) is 16.9 Å². The minimum absolute atomic E-state index is 1.21. The van der Waals surface area contributed by atoms with Crippen LogP contribution in [0.3, 0.4) is 0 Å². The molecule has 90 valence electrons. The van der Waals surface area contributed by atoms with Gasteiger partial charge in [0.2, 0.25) is 0 Å². The summed E-state index contributed by atoms with van der Waals surface area (Å²) in [7, 11) is 0. The molecule has 0 saturated heterocycles. The van der Waals surface area contributed by atoms with Gasteiger partial charge in [0, 0.05) is 0 Å². The van der Waals surface area contributed by atoms with Gasteiger partial charge < -0.3 is 0 Å². The maximum atomic E-state index is 9.93. The van der Waals surface area contributed by atoms with Crippen LogP contribution in [0.5, 0.6) is 0 Å². The van der Waals surface area contributed by atoms with Crippen molar-refractivity contribution < 1.29 is 16.9 Å². The Morgan fingerprint density at radius 3 is 1.43 bits per heavy atom. The number of allylic oxidation sites excluding steroid dienone is 1. The molecule has 0 saturated carbocycles. The second-order valence-corrected chi connectivity index (χ2v) is 9.21. The number of thiol groups is 1. The summed E-state index contributed by atoms with van der Waals surface area (Å²) < 4.78 is 59.6. The summed E-state index contributed by atoms with van der Waals surface area (Å²) in [5.74, 6) is 1.21. The molecule has 0 heterocycles. The molecule has 0 unspecified atom stereocenters. The molecule has 0 nitrogen and oxygen atoms in total. The maximum absolute atomic E-state index is 11.2. The summed E-state index contributed by atoms with van der Waals surface area (Å²) in [6.07, 6.45) is 4.42. The zero-order valence-electron chi connectivity index (χ0n) is 7.95. The fraction of sp³-hybridized carbons (Fsp3) is 0.667. The zero-order chi connectivity index (χ0) is 12.1. The molecule has 0 aliphatic rings. The number of rotatable bonds is 2. The second-order valence-electron chi connectivity index (χ2n) is 2.74. The third-order valence-corrected chi connectivity index (χ3v) is 1.23. The van der Waals surface area contributed by atoms with Gasteiger partial charge in [0.05, 0.1) is 6.26 Å². The van der Waals surface area contributed by atoms with Gasteiger partial charge in [-0.25, -0.2) is 0 Å². The van der Waals surface area contributed by atoms with Crippen molar-refractivity contribution in [2.24, 2.45) is 0 Å². The van der Waals surface area contributed by atoms with E-state index in [2.05, 4.69) is 26.2 Å². The summed E-state index contributed by atoms with van der Waals surface area (Å²) in [6, 6.07) is 0. The van der Waals surface area contributed by atoms with Crippen LogP contribution in [0.4, 0.5) is 16.9 Å². The molecule has 14 heavy (non-hydrogen) atoms. The predicted molar refractivity (Wildman–Crippen MR) is 51.4 cm³/mol. The van der Waals surface area contributed by atoms with Crippen molar-refractivity contribution in [3.05, 3.63) is 11.6 Å². The van der Waals surface area contributed by atoms with Crippen LogP contribution in [0.2, 0.25) is 0 Å². The number of halogens is 6. The van der Waals surface area contributed by atoms with Gasteiger partial charge >= 0.3 is 36.4 Å². The fourth-order valence-corrected chi connectivity index (χ4v) is 0.822. The van der Waals surface area contributed by atoms with Crippen molar-refractivity contribution in [3.8, 4) is 0 Å². The Labute approximate surface area is 85.6 Å². The predicted octanol–water partition coefficient (Wildman–Crippen LogP) is 3.54.